The van der Waals surface area contributed by atoms with Gasteiger partial charge in [0, 0.05) is 37.6 Å². The molecule has 1 heterocycles. The van der Waals surface area contributed by atoms with Crippen molar-refractivity contribution in [3.8, 4) is 0 Å². The number of ketones is 1. The van der Waals surface area contributed by atoms with Crippen molar-refractivity contribution in [2.45, 2.75) is 25.3 Å². The smallest absolute Gasteiger partial charge is 0.338 e. The van der Waals surface area contributed by atoms with E-state index in [0.717, 1.165) is 15.7 Å². The molecule has 0 spiro atoms. The molecule has 0 N–H and O–H groups in total. The molecule has 0 bridgehead atoms. The zero-order valence-corrected chi connectivity index (χ0v) is 17.2. The van der Waals surface area contributed by atoms with Gasteiger partial charge in [0.2, 0.25) is 15.8 Å². The summed E-state index contributed by atoms with van der Waals surface area (Å²) in [6.45, 7) is 7.56. The summed E-state index contributed by atoms with van der Waals surface area (Å²) >= 11 is 0. The second-order valence-corrected chi connectivity index (χ2v) is 8.65. The number of hydrogen-bond donors (Lipinski definition) is 0. The molecule has 28 heavy (non-hydrogen) atoms. The Bertz CT molecular complexity index is 1020. The van der Waals surface area contributed by atoms with Gasteiger partial charge in [0.1, 0.15) is 0 Å². The zero-order chi connectivity index (χ0) is 21.1. The molecular weight excluding hydrogens is 380 g/mol. The van der Waals surface area contributed by atoms with Gasteiger partial charge in [0.15, 0.2) is 6.61 Å². The maximum absolute atomic E-state index is 12.5. The molecule has 0 aliphatic rings. The molecule has 2 rings (SSSR count). The van der Waals surface area contributed by atoms with Crippen LogP contribution in [-0.4, -0.2) is 49.7 Å². The van der Waals surface area contributed by atoms with Crippen molar-refractivity contribution in [2.24, 2.45) is 0 Å². The highest BCUT2D eigenvalue weighted by Crippen LogP contribution is 2.18. The van der Waals surface area contributed by atoms with Gasteiger partial charge in [-0.2, -0.15) is 0 Å². The zero-order valence-electron chi connectivity index (χ0n) is 16.4. The predicted octanol–water partition coefficient (Wildman–Crippen LogP) is 2.58. The van der Waals surface area contributed by atoms with Crippen molar-refractivity contribution < 1.29 is 22.7 Å². The first-order valence-electron chi connectivity index (χ1n) is 8.60. The third-order valence-corrected chi connectivity index (χ3v) is 6.18. The number of benzene rings is 1. The highest BCUT2D eigenvalue weighted by Gasteiger charge is 2.21. The van der Waals surface area contributed by atoms with Gasteiger partial charge in [-0.05, 0) is 38.1 Å². The molecule has 0 amide bonds. The molecule has 0 unspecified atom stereocenters. The lowest BCUT2D eigenvalue weighted by molar-refractivity contribution is 0.0474. The summed E-state index contributed by atoms with van der Waals surface area (Å²) in [6, 6.07) is 7.28. The average Bonchev–Trinajstić information content (AvgIpc) is 2.94. The quantitative estimate of drug-likeness (QED) is 0.383. The van der Waals surface area contributed by atoms with Crippen LogP contribution in [0.3, 0.4) is 0 Å². The number of ether oxygens (including phenoxy) is 1. The fourth-order valence-electron chi connectivity index (χ4n) is 2.78. The van der Waals surface area contributed by atoms with Crippen LogP contribution in [0.4, 0.5) is 0 Å². The van der Waals surface area contributed by atoms with Gasteiger partial charge >= 0.3 is 5.97 Å². The van der Waals surface area contributed by atoms with Gasteiger partial charge in [-0.25, -0.2) is 17.5 Å². The van der Waals surface area contributed by atoms with Crippen LogP contribution in [0.1, 0.15) is 32.1 Å². The predicted molar refractivity (Wildman–Crippen MR) is 106 cm³/mol. The minimum Gasteiger partial charge on any atom is -0.454 e. The normalized spacial score (nSPS) is 11.5. The topological polar surface area (TPSA) is 85.7 Å². The lowest BCUT2D eigenvalue weighted by Crippen LogP contribution is -2.22. The van der Waals surface area contributed by atoms with Crippen molar-refractivity contribution >= 4 is 21.8 Å². The van der Waals surface area contributed by atoms with E-state index >= 15 is 0 Å². The molecule has 8 heteroatoms. The number of allylic oxidation sites excluding steroid dienone is 1. The molecule has 1 aromatic heterocycles. The van der Waals surface area contributed by atoms with Gasteiger partial charge < -0.3 is 9.30 Å². The molecule has 0 saturated heterocycles. The molecule has 0 aliphatic heterocycles. The van der Waals surface area contributed by atoms with Gasteiger partial charge in [0.05, 0.1) is 10.5 Å². The summed E-state index contributed by atoms with van der Waals surface area (Å²) in [5, 5.41) is 0. The van der Waals surface area contributed by atoms with Crippen LogP contribution < -0.4 is 0 Å². The first-order chi connectivity index (χ1) is 13.1. The number of carbonyl (C=O) groups is 2. The van der Waals surface area contributed by atoms with E-state index in [0.29, 0.717) is 12.1 Å². The number of Topliss-reactive ketones (excluding diaryl/α,β-unsaturated/α-hetero) is 1. The van der Waals surface area contributed by atoms with Gasteiger partial charge in [-0.15, -0.1) is 6.58 Å². The Morgan fingerprint density at radius 2 is 1.89 bits per heavy atom. The number of carbonyl (C=O) groups excluding carboxylic acids is 2. The Balaban J connectivity index is 2.14. The fourth-order valence-corrected chi connectivity index (χ4v) is 3.73. The van der Waals surface area contributed by atoms with E-state index in [4.69, 9.17) is 4.74 Å². The lowest BCUT2D eigenvalue weighted by atomic mass is 10.1. The van der Waals surface area contributed by atoms with Crippen LogP contribution in [0, 0.1) is 13.8 Å². The van der Waals surface area contributed by atoms with E-state index in [-0.39, 0.29) is 16.2 Å². The Hall–Kier alpha value is -2.71. The van der Waals surface area contributed by atoms with E-state index in [1.54, 1.807) is 12.1 Å². The molecule has 2 aromatic rings. The SMILES string of the molecule is C=CCn1c(C)cc(C(=O)COC(=O)c2cccc(S(=O)(=O)N(C)C)c2)c1C. The molecular formula is C20H24N2O5S. The third kappa shape index (κ3) is 4.40. The molecule has 1 aromatic carbocycles. The fraction of sp³-hybridized carbons (Fsp3) is 0.300. The van der Waals surface area contributed by atoms with E-state index in [2.05, 4.69) is 6.58 Å². The maximum atomic E-state index is 12.5. The first-order valence-corrected chi connectivity index (χ1v) is 10.0. The standard InChI is InChI=1S/C20H24N2O5S/c1-6-10-22-14(2)11-18(15(22)3)19(23)13-27-20(24)16-8-7-9-17(12-16)28(25,26)21(4)5/h6-9,11-12H,1,10,13H2,2-5H3. The van der Waals surface area contributed by atoms with Crippen molar-refractivity contribution in [1.82, 2.24) is 8.87 Å². The van der Waals surface area contributed by atoms with Crippen LogP contribution >= 0.6 is 0 Å². The Morgan fingerprint density at radius 3 is 2.50 bits per heavy atom. The van der Waals surface area contributed by atoms with E-state index in [9.17, 15) is 18.0 Å². The van der Waals surface area contributed by atoms with Gasteiger partial charge in [-0.3, -0.25) is 4.79 Å². The second-order valence-electron chi connectivity index (χ2n) is 6.50. The number of aryl methyl sites for hydroxylation is 1. The molecule has 0 radical (unpaired) electrons. The van der Waals surface area contributed by atoms with Gasteiger partial charge in [0.25, 0.3) is 0 Å². The number of sulfonamides is 1. The number of esters is 1. The lowest BCUT2D eigenvalue weighted by Gasteiger charge is -2.12. The minimum atomic E-state index is -3.67. The second kappa shape index (κ2) is 8.53. The Labute approximate surface area is 165 Å². The first kappa shape index (κ1) is 21.6. The molecule has 0 saturated carbocycles. The maximum Gasteiger partial charge on any atom is 0.338 e. The van der Waals surface area contributed by atoms with Crippen LogP contribution in [0.15, 0.2) is 47.9 Å². The summed E-state index contributed by atoms with van der Waals surface area (Å²) < 4.78 is 32.5. The molecule has 7 nitrogen and oxygen atoms in total. The van der Waals surface area contributed by atoms with Crippen molar-refractivity contribution in [3.05, 3.63) is 65.5 Å². The number of aromatic nitrogens is 1. The van der Waals surface area contributed by atoms with Crippen molar-refractivity contribution in [2.75, 3.05) is 20.7 Å². The number of hydrogen-bond acceptors (Lipinski definition) is 5. The molecule has 0 aliphatic carbocycles. The van der Waals surface area contributed by atoms with Crippen LogP contribution in [-0.2, 0) is 21.3 Å². The largest absolute Gasteiger partial charge is 0.454 e. The minimum absolute atomic E-state index is 0.0220. The average molecular weight is 404 g/mol. The Morgan fingerprint density at radius 1 is 1.21 bits per heavy atom. The summed E-state index contributed by atoms with van der Waals surface area (Å²) in [5.74, 6) is -1.09. The number of nitrogens with zero attached hydrogens (tertiary/aromatic N) is 2. The highest BCUT2D eigenvalue weighted by molar-refractivity contribution is 7.89. The monoisotopic (exact) mass is 404 g/mol. The van der Waals surface area contributed by atoms with Crippen LogP contribution in [0.25, 0.3) is 0 Å². The van der Waals surface area contributed by atoms with E-state index in [1.165, 1.54) is 38.4 Å². The summed E-state index contributed by atoms with van der Waals surface area (Å²) in [7, 11) is -0.863. The van der Waals surface area contributed by atoms with E-state index in [1.807, 2.05) is 18.4 Å². The van der Waals surface area contributed by atoms with E-state index < -0.39 is 22.6 Å². The van der Waals surface area contributed by atoms with Crippen molar-refractivity contribution in [3.63, 3.8) is 0 Å². The van der Waals surface area contributed by atoms with Crippen molar-refractivity contribution in [1.29, 1.82) is 0 Å². The molecule has 150 valence electrons. The molecule has 0 atom stereocenters. The molecule has 0 fully saturated rings. The highest BCUT2D eigenvalue weighted by atomic mass is 32.2. The summed E-state index contributed by atoms with van der Waals surface area (Å²) in [5.41, 5.74) is 2.23. The summed E-state index contributed by atoms with van der Waals surface area (Å²) in [4.78, 5) is 24.7. The Kier molecular flexibility index (Phi) is 6.58. The van der Waals surface area contributed by atoms with Crippen LogP contribution in [0.2, 0.25) is 0 Å². The van der Waals surface area contributed by atoms with Gasteiger partial charge in [-0.1, -0.05) is 12.1 Å². The number of rotatable bonds is 8. The summed E-state index contributed by atoms with van der Waals surface area (Å²) in [6.07, 6.45) is 1.74. The third-order valence-electron chi connectivity index (χ3n) is 4.37. The van der Waals surface area contributed by atoms with Crippen LogP contribution in [0.5, 0.6) is 0 Å².